The Morgan fingerprint density at radius 2 is 1.65 bits per heavy atom. The number of hydrogen-bond donors (Lipinski definition) is 3. The Kier molecular flexibility index (Phi) is 7.26. The summed E-state index contributed by atoms with van der Waals surface area (Å²) < 4.78 is 10.7. The summed E-state index contributed by atoms with van der Waals surface area (Å²) in [4.78, 5) is 28.3. The van der Waals surface area contributed by atoms with Crippen LogP contribution in [-0.2, 0) is 11.2 Å². The van der Waals surface area contributed by atoms with Crippen molar-refractivity contribution in [3.8, 4) is 17.2 Å². The molecule has 3 N–H and O–H groups in total. The van der Waals surface area contributed by atoms with E-state index in [9.17, 15) is 9.59 Å². The van der Waals surface area contributed by atoms with E-state index >= 15 is 0 Å². The zero-order valence-corrected chi connectivity index (χ0v) is 17.8. The van der Waals surface area contributed by atoms with Crippen LogP contribution in [0.2, 0.25) is 0 Å². The number of nitrogens with zero attached hydrogens (tertiary/aromatic N) is 1. The standard InChI is InChI=1S/C23H26N4O4/c1-15(2)21(28)25-17-6-8-18(9-7-17)27-23(29)24-13-12-19-14-31-22(26-19)16-4-10-20(30-3)11-5-16/h4-11,14-15H,12-13H2,1-3H3,(H,25,28)(H2,24,27,29). The van der Waals surface area contributed by atoms with Gasteiger partial charge in [-0.1, -0.05) is 13.8 Å². The smallest absolute Gasteiger partial charge is 0.319 e. The predicted octanol–water partition coefficient (Wildman–Crippen LogP) is 4.31. The minimum atomic E-state index is -0.321. The van der Waals surface area contributed by atoms with Crippen molar-refractivity contribution in [2.75, 3.05) is 24.3 Å². The van der Waals surface area contributed by atoms with Gasteiger partial charge >= 0.3 is 6.03 Å². The second-order valence-electron chi connectivity index (χ2n) is 7.22. The van der Waals surface area contributed by atoms with Crippen LogP contribution >= 0.6 is 0 Å². The third-order valence-corrected chi connectivity index (χ3v) is 4.49. The molecule has 0 aliphatic heterocycles. The zero-order valence-electron chi connectivity index (χ0n) is 17.8. The molecule has 3 rings (SSSR count). The van der Waals surface area contributed by atoms with Crippen LogP contribution in [0.4, 0.5) is 16.2 Å². The molecule has 0 aliphatic carbocycles. The Labute approximate surface area is 181 Å². The first-order valence-corrected chi connectivity index (χ1v) is 9.99. The first kappa shape index (κ1) is 21.9. The topological polar surface area (TPSA) is 105 Å². The maximum Gasteiger partial charge on any atom is 0.319 e. The maximum atomic E-state index is 12.1. The van der Waals surface area contributed by atoms with Crippen LogP contribution in [0.15, 0.2) is 59.2 Å². The van der Waals surface area contributed by atoms with Gasteiger partial charge < -0.3 is 25.1 Å². The number of hydrogen-bond acceptors (Lipinski definition) is 5. The first-order valence-electron chi connectivity index (χ1n) is 9.99. The van der Waals surface area contributed by atoms with Crippen molar-refractivity contribution in [3.05, 3.63) is 60.5 Å². The van der Waals surface area contributed by atoms with Gasteiger partial charge in [-0.15, -0.1) is 0 Å². The van der Waals surface area contributed by atoms with Crippen LogP contribution in [0.1, 0.15) is 19.5 Å². The molecule has 0 saturated heterocycles. The van der Waals surface area contributed by atoms with E-state index in [4.69, 9.17) is 9.15 Å². The number of nitrogens with one attached hydrogen (secondary N) is 3. The van der Waals surface area contributed by atoms with Crippen molar-refractivity contribution in [1.29, 1.82) is 0 Å². The summed E-state index contributed by atoms with van der Waals surface area (Å²) in [5.74, 6) is 1.13. The molecule has 0 bridgehead atoms. The number of aromatic nitrogens is 1. The molecule has 31 heavy (non-hydrogen) atoms. The van der Waals surface area contributed by atoms with Gasteiger partial charge in [-0.2, -0.15) is 0 Å². The molecule has 0 saturated carbocycles. The van der Waals surface area contributed by atoms with Gasteiger partial charge in [-0.05, 0) is 48.5 Å². The monoisotopic (exact) mass is 422 g/mol. The van der Waals surface area contributed by atoms with E-state index in [-0.39, 0.29) is 17.9 Å². The molecule has 1 aromatic heterocycles. The number of carbonyl (C=O) groups excluding carboxylic acids is 2. The fourth-order valence-corrected chi connectivity index (χ4v) is 2.69. The second-order valence-corrected chi connectivity index (χ2v) is 7.22. The fourth-order valence-electron chi connectivity index (χ4n) is 2.69. The van der Waals surface area contributed by atoms with Crippen molar-refractivity contribution < 1.29 is 18.7 Å². The van der Waals surface area contributed by atoms with Crippen molar-refractivity contribution in [2.45, 2.75) is 20.3 Å². The molecular weight excluding hydrogens is 396 g/mol. The van der Waals surface area contributed by atoms with E-state index in [1.807, 2.05) is 38.1 Å². The van der Waals surface area contributed by atoms with E-state index in [0.717, 1.165) is 17.0 Å². The van der Waals surface area contributed by atoms with Gasteiger partial charge in [0, 0.05) is 35.8 Å². The average molecular weight is 422 g/mol. The molecule has 0 radical (unpaired) electrons. The number of oxazole rings is 1. The molecule has 3 aromatic rings. The Hall–Kier alpha value is -3.81. The van der Waals surface area contributed by atoms with Crippen LogP contribution in [0.3, 0.4) is 0 Å². The zero-order chi connectivity index (χ0) is 22.2. The molecule has 0 atom stereocenters. The van der Waals surface area contributed by atoms with Gasteiger partial charge in [0.25, 0.3) is 0 Å². The van der Waals surface area contributed by atoms with E-state index in [0.29, 0.717) is 30.2 Å². The van der Waals surface area contributed by atoms with Crippen LogP contribution in [0.5, 0.6) is 5.75 Å². The summed E-state index contributed by atoms with van der Waals surface area (Å²) >= 11 is 0. The molecule has 8 nitrogen and oxygen atoms in total. The molecule has 1 heterocycles. The molecule has 3 amide bonds. The number of anilines is 2. The number of rotatable bonds is 8. The van der Waals surface area contributed by atoms with E-state index in [1.165, 1.54) is 0 Å². The average Bonchev–Trinajstić information content (AvgIpc) is 3.24. The van der Waals surface area contributed by atoms with E-state index in [2.05, 4.69) is 20.9 Å². The molecule has 8 heteroatoms. The molecule has 0 unspecified atom stereocenters. The van der Waals surface area contributed by atoms with Crippen LogP contribution in [-0.4, -0.2) is 30.6 Å². The van der Waals surface area contributed by atoms with Crippen molar-refractivity contribution in [3.63, 3.8) is 0 Å². The SMILES string of the molecule is COc1ccc(-c2nc(CCNC(=O)Nc3ccc(NC(=O)C(C)C)cc3)co2)cc1. The lowest BCUT2D eigenvalue weighted by atomic mass is 10.2. The minimum absolute atomic E-state index is 0.0542. The van der Waals surface area contributed by atoms with Gasteiger partial charge in [0.2, 0.25) is 11.8 Å². The number of urea groups is 1. The summed E-state index contributed by atoms with van der Waals surface area (Å²) in [7, 11) is 1.61. The molecule has 0 aliphatic rings. The Balaban J connectivity index is 1.44. The summed E-state index contributed by atoms with van der Waals surface area (Å²) in [5.41, 5.74) is 2.91. The normalized spacial score (nSPS) is 10.6. The number of benzene rings is 2. The summed E-state index contributed by atoms with van der Waals surface area (Å²) in [5, 5.41) is 8.35. The lowest BCUT2D eigenvalue weighted by molar-refractivity contribution is -0.118. The van der Waals surface area contributed by atoms with Crippen molar-refractivity contribution in [1.82, 2.24) is 10.3 Å². The van der Waals surface area contributed by atoms with Crippen molar-refractivity contribution >= 4 is 23.3 Å². The Morgan fingerprint density at radius 3 is 2.26 bits per heavy atom. The number of amides is 3. The number of carbonyl (C=O) groups is 2. The lowest BCUT2D eigenvalue weighted by Crippen LogP contribution is -2.30. The molecule has 2 aromatic carbocycles. The molecule has 162 valence electrons. The number of ether oxygens (including phenoxy) is 1. The van der Waals surface area contributed by atoms with E-state index in [1.54, 1.807) is 37.6 Å². The summed E-state index contributed by atoms with van der Waals surface area (Å²) in [6.45, 7) is 4.06. The van der Waals surface area contributed by atoms with Crippen LogP contribution in [0.25, 0.3) is 11.5 Å². The van der Waals surface area contributed by atoms with Gasteiger partial charge in [0.15, 0.2) is 0 Å². The Morgan fingerprint density at radius 1 is 1.00 bits per heavy atom. The summed E-state index contributed by atoms with van der Waals surface area (Å²) in [6, 6.07) is 14.1. The largest absolute Gasteiger partial charge is 0.497 e. The maximum absolute atomic E-state index is 12.1. The highest BCUT2D eigenvalue weighted by Crippen LogP contribution is 2.21. The summed E-state index contributed by atoms with van der Waals surface area (Å²) in [6.07, 6.45) is 2.12. The molecular formula is C23H26N4O4. The highest BCUT2D eigenvalue weighted by atomic mass is 16.5. The minimum Gasteiger partial charge on any atom is -0.497 e. The van der Waals surface area contributed by atoms with Gasteiger partial charge in [-0.25, -0.2) is 9.78 Å². The van der Waals surface area contributed by atoms with Crippen LogP contribution in [0, 0.1) is 5.92 Å². The van der Waals surface area contributed by atoms with Gasteiger partial charge in [0.1, 0.15) is 12.0 Å². The molecule has 0 fully saturated rings. The van der Waals surface area contributed by atoms with Gasteiger partial charge in [0.05, 0.1) is 12.8 Å². The second kappa shape index (κ2) is 10.3. The Bertz CT molecular complexity index is 1010. The lowest BCUT2D eigenvalue weighted by Gasteiger charge is -2.10. The highest BCUT2D eigenvalue weighted by Gasteiger charge is 2.09. The quantitative estimate of drug-likeness (QED) is 0.502. The number of methoxy groups -OCH3 is 1. The highest BCUT2D eigenvalue weighted by molar-refractivity contribution is 5.93. The van der Waals surface area contributed by atoms with Gasteiger partial charge in [-0.3, -0.25) is 4.79 Å². The molecule has 0 spiro atoms. The third-order valence-electron chi connectivity index (χ3n) is 4.49. The first-order chi connectivity index (χ1) is 14.9. The van der Waals surface area contributed by atoms with E-state index < -0.39 is 0 Å². The van der Waals surface area contributed by atoms with Crippen molar-refractivity contribution in [2.24, 2.45) is 5.92 Å². The van der Waals surface area contributed by atoms with Crippen LogP contribution < -0.4 is 20.7 Å². The predicted molar refractivity (Wildman–Crippen MR) is 119 cm³/mol. The fraction of sp³-hybridized carbons (Fsp3) is 0.261. The third kappa shape index (κ3) is 6.33.